The summed E-state index contributed by atoms with van der Waals surface area (Å²) in [7, 11) is 1.50. The van der Waals surface area contributed by atoms with Gasteiger partial charge in [0.1, 0.15) is 0 Å². The number of aromatic amines is 1. The summed E-state index contributed by atoms with van der Waals surface area (Å²) in [4.78, 5) is 17.8. The second-order valence-electron chi connectivity index (χ2n) is 2.80. The third-order valence-electron chi connectivity index (χ3n) is 1.99. The number of hydrogen-bond acceptors (Lipinski definition) is 2. The topological polar surface area (TPSA) is 57.8 Å². The zero-order chi connectivity index (χ0) is 10.1. The van der Waals surface area contributed by atoms with E-state index in [1.54, 1.807) is 12.3 Å². The Balaban J connectivity index is 2.72. The molecule has 0 saturated heterocycles. The van der Waals surface area contributed by atoms with Crippen molar-refractivity contribution in [3.05, 3.63) is 30.0 Å². The Hall–Kier alpha value is -1.91. The predicted octanol–water partition coefficient (Wildman–Crippen LogP) is 1.06. The largest absolute Gasteiger partial charge is 0.359 e. The van der Waals surface area contributed by atoms with Crippen molar-refractivity contribution in [2.24, 2.45) is 0 Å². The second-order valence-corrected chi connectivity index (χ2v) is 2.80. The number of H-pyrrole nitrogens is 1. The van der Waals surface area contributed by atoms with E-state index in [1.165, 1.54) is 7.05 Å². The maximum absolute atomic E-state index is 13.2. The quantitative estimate of drug-likeness (QED) is 0.711. The average molecular weight is 193 g/mol. The number of amides is 1. The van der Waals surface area contributed by atoms with Crippen molar-refractivity contribution < 1.29 is 9.18 Å². The van der Waals surface area contributed by atoms with E-state index in [2.05, 4.69) is 15.3 Å². The van der Waals surface area contributed by atoms with E-state index in [1.807, 2.05) is 0 Å². The van der Waals surface area contributed by atoms with E-state index >= 15 is 0 Å². The van der Waals surface area contributed by atoms with Crippen LogP contribution in [0.25, 0.3) is 10.9 Å². The van der Waals surface area contributed by atoms with E-state index in [-0.39, 0.29) is 11.6 Å². The van der Waals surface area contributed by atoms with E-state index in [4.69, 9.17) is 0 Å². The Bertz CT molecular complexity index is 492. The zero-order valence-electron chi connectivity index (χ0n) is 7.47. The molecule has 0 fully saturated rings. The molecular weight excluding hydrogens is 185 g/mol. The molecule has 2 heterocycles. The maximum Gasteiger partial charge on any atom is 0.271 e. The van der Waals surface area contributed by atoms with E-state index in [0.717, 1.165) is 6.20 Å². The fourth-order valence-electron chi connectivity index (χ4n) is 1.31. The smallest absolute Gasteiger partial charge is 0.271 e. The van der Waals surface area contributed by atoms with Gasteiger partial charge in [-0.1, -0.05) is 0 Å². The number of carbonyl (C=O) groups excluding carboxylic acids is 1. The molecule has 0 saturated carbocycles. The van der Waals surface area contributed by atoms with Gasteiger partial charge in [0, 0.05) is 18.6 Å². The van der Waals surface area contributed by atoms with Crippen LogP contribution < -0.4 is 5.32 Å². The summed E-state index contributed by atoms with van der Waals surface area (Å²) in [5.74, 6) is -0.772. The van der Waals surface area contributed by atoms with Gasteiger partial charge in [0.2, 0.25) is 0 Å². The first kappa shape index (κ1) is 8.68. The molecule has 2 N–H and O–H groups in total. The fourth-order valence-corrected chi connectivity index (χ4v) is 1.31. The molecule has 4 nitrogen and oxygen atoms in total. The van der Waals surface area contributed by atoms with Gasteiger partial charge in [0.15, 0.2) is 11.5 Å². The molecule has 0 spiro atoms. The van der Waals surface area contributed by atoms with E-state index in [0.29, 0.717) is 10.9 Å². The molecule has 2 aromatic rings. The Labute approximate surface area is 79.1 Å². The molecule has 0 aliphatic rings. The van der Waals surface area contributed by atoms with Crippen molar-refractivity contribution >= 4 is 16.8 Å². The lowest BCUT2D eigenvalue weighted by atomic mass is 10.2. The van der Waals surface area contributed by atoms with Crippen LogP contribution in [0.1, 0.15) is 10.5 Å². The summed E-state index contributed by atoms with van der Waals surface area (Å²) in [6.07, 6.45) is 2.61. The van der Waals surface area contributed by atoms with Crippen LogP contribution in [0.15, 0.2) is 18.5 Å². The third-order valence-corrected chi connectivity index (χ3v) is 1.99. The number of rotatable bonds is 1. The lowest BCUT2D eigenvalue weighted by Gasteiger charge is -2.00. The van der Waals surface area contributed by atoms with Crippen LogP contribution in [-0.2, 0) is 0 Å². The zero-order valence-corrected chi connectivity index (χ0v) is 7.47. The van der Waals surface area contributed by atoms with Crippen LogP contribution in [0.2, 0.25) is 0 Å². The summed E-state index contributed by atoms with van der Waals surface area (Å²) in [5, 5.41) is 2.81. The molecule has 5 heteroatoms. The third kappa shape index (κ3) is 1.14. The van der Waals surface area contributed by atoms with Gasteiger partial charge in [-0.2, -0.15) is 0 Å². The number of pyridine rings is 1. The Morgan fingerprint density at radius 1 is 1.64 bits per heavy atom. The van der Waals surface area contributed by atoms with Gasteiger partial charge >= 0.3 is 0 Å². The molecular formula is C9H8FN3O. The Morgan fingerprint density at radius 2 is 2.43 bits per heavy atom. The number of fused-ring (bicyclic) bond motifs is 1. The standard InChI is InChI=1S/C9H8FN3O/c1-11-9(14)8-7-5(2-3-12-7)6(10)4-13-8/h2-4,12H,1H3,(H,11,14). The monoisotopic (exact) mass is 193 g/mol. The molecule has 0 aliphatic carbocycles. The number of aromatic nitrogens is 2. The Kier molecular flexibility index (Phi) is 1.92. The first-order valence-corrected chi connectivity index (χ1v) is 4.07. The summed E-state index contributed by atoms with van der Waals surface area (Å²) < 4.78 is 13.2. The second kappa shape index (κ2) is 3.10. The minimum absolute atomic E-state index is 0.203. The van der Waals surface area contributed by atoms with Crippen molar-refractivity contribution in [2.45, 2.75) is 0 Å². The van der Waals surface area contributed by atoms with Gasteiger partial charge in [-0.3, -0.25) is 4.79 Å². The summed E-state index contributed by atoms with van der Waals surface area (Å²) in [5.41, 5.74) is 0.623. The van der Waals surface area contributed by atoms with Crippen molar-refractivity contribution in [1.29, 1.82) is 0 Å². The van der Waals surface area contributed by atoms with Crippen molar-refractivity contribution in [3.63, 3.8) is 0 Å². The predicted molar refractivity (Wildman–Crippen MR) is 49.4 cm³/mol. The fraction of sp³-hybridized carbons (Fsp3) is 0.111. The molecule has 0 radical (unpaired) electrons. The summed E-state index contributed by atoms with van der Waals surface area (Å²) >= 11 is 0. The van der Waals surface area contributed by atoms with Crippen LogP contribution in [0.5, 0.6) is 0 Å². The first-order chi connectivity index (χ1) is 6.74. The molecule has 0 aliphatic heterocycles. The van der Waals surface area contributed by atoms with Crippen LogP contribution >= 0.6 is 0 Å². The molecule has 14 heavy (non-hydrogen) atoms. The van der Waals surface area contributed by atoms with Gasteiger partial charge in [-0.05, 0) is 6.07 Å². The summed E-state index contributed by atoms with van der Waals surface area (Å²) in [6.45, 7) is 0. The van der Waals surface area contributed by atoms with Crippen molar-refractivity contribution in [3.8, 4) is 0 Å². The molecule has 1 amide bonds. The normalized spacial score (nSPS) is 10.4. The number of carbonyl (C=O) groups is 1. The van der Waals surface area contributed by atoms with Crippen molar-refractivity contribution in [2.75, 3.05) is 7.05 Å². The van der Waals surface area contributed by atoms with Crippen LogP contribution in [0.4, 0.5) is 4.39 Å². The van der Waals surface area contributed by atoms with Gasteiger partial charge in [-0.25, -0.2) is 9.37 Å². The SMILES string of the molecule is CNC(=O)c1ncc(F)c2cc[nH]c12. The highest BCUT2D eigenvalue weighted by atomic mass is 19.1. The average Bonchev–Trinajstić information content (AvgIpc) is 2.67. The molecule has 0 unspecified atom stereocenters. The molecule has 2 aromatic heterocycles. The van der Waals surface area contributed by atoms with E-state index < -0.39 is 5.82 Å². The molecule has 0 aromatic carbocycles. The molecule has 0 atom stereocenters. The first-order valence-electron chi connectivity index (χ1n) is 4.07. The highest BCUT2D eigenvalue weighted by Crippen LogP contribution is 2.17. The summed E-state index contributed by atoms with van der Waals surface area (Å²) in [6, 6.07) is 1.57. The van der Waals surface area contributed by atoms with Gasteiger partial charge < -0.3 is 10.3 Å². The van der Waals surface area contributed by atoms with Crippen molar-refractivity contribution in [1.82, 2.24) is 15.3 Å². The van der Waals surface area contributed by atoms with Crippen LogP contribution in [0, 0.1) is 5.82 Å². The lowest BCUT2D eigenvalue weighted by Crippen LogP contribution is -2.19. The van der Waals surface area contributed by atoms with Crippen LogP contribution in [-0.4, -0.2) is 22.9 Å². The number of nitrogens with zero attached hydrogens (tertiary/aromatic N) is 1. The Morgan fingerprint density at radius 3 is 3.14 bits per heavy atom. The highest BCUT2D eigenvalue weighted by Gasteiger charge is 2.13. The lowest BCUT2D eigenvalue weighted by molar-refractivity contribution is 0.0960. The minimum Gasteiger partial charge on any atom is -0.359 e. The number of halogens is 1. The molecule has 2 rings (SSSR count). The molecule has 72 valence electrons. The number of hydrogen-bond donors (Lipinski definition) is 2. The van der Waals surface area contributed by atoms with Crippen LogP contribution in [0.3, 0.4) is 0 Å². The molecule has 0 bridgehead atoms. The highest BCUT2D eigenvalue weighted by molar-refractivity contribution is 6.03. The van der Waals surface area contributed by atoms with E-state index in [9.17, 15) is 9.18 Å². The van der Waals surface area contributed by atoms with Gasteiger partial charge in [0.05, 0.1) is 11.7 Å². The van der Waals surface area contributed by atoms with Gasteiger partial charge in [-0.15, -0.1) is 0 Å². The van der Waals surface area contributed by atoms with Gasteiger partial charge in [0.25, 0.3) is 5.91 Å². The minimum atomic E-state index is -0.436. The maximum atomic E-state index is 13.2. The number of nitrogens with one attached hydrogen (secondary N) is 2.